The molecule has 0 fully saturated rings. The van der Waals surface area contributed by atoms with Gasteiger partial charge in [0.2, 0.25) is 15.9 Å². The van der Waals surface area contributed by atoms with Crippen LogP contribution in [0.1, 0.15) is 22.8 Å². The number of nitrogens with one attached hydrogen (secondary N) is 1. The van der Waals surface area contributed by atoms with Crippen molar-refractivity contribution in [1.29, 1.82) is 0 Å². The largest absolute Gasteiger partial charge is 0.497 e. The lowest BCUT2D eigenvalue weighted by Crippen LogP contribution is -2.37. The molecule has 0 radical (unpaired) electrons. The molecule has 2 aromatic carbocycles. The smallest absolute Gasteiger partial charge is 0.338 e. The van der Waals surface area contributed by atoms with Crippen LogP contribution in [0.3, 0.4) is 0 Å². The number of esters is 1. The second kappa shape index (κ2) is 9.42. The molecule has 2 rings (SSSR count). The summed E-state index contributed by atoms with van der Waals surface area (Å²) in [4.78, 5) is 24.3. The van der Waals surface area contributed by atoms with Gasteiger partial charge in [-0.1, -0.05) is 6.07 Å². The second-order valence-electron chi connectivity index (χ2n) is 6.27. The summed E-state index contributed by atoms with van der Waals surface area (Å²) in [5.74, 6) is -0.498. The lowest BCUT2D eigenvalue weighted by Gasteiger charge is -2.22. The van der Waals surface area contributed by atoms with Gasteiger partial charge >= 0.3 is 5.97 Å². The van der Waals surface area contributed by atoms with Gasteiger partial charge in [0.1, 0.15) is 12.3 Å². The highest BCUT2D eigenvalue weighted by molar-refractivity contribution is 7.92. The minimum atomic E-state index is -3.71. The minimum absolute atomic E-state index is 0.266. The molecule has 0 heterocycles. The van der Waals surface area contributed by atoms with Crippen LogP contribution in [0.2, 0.25) is 0 Å². The predicted molar refractivity (Wildman–Crippen MR) is 111 cm³/mol. The van der Waals surface area contributed by atoms with Gasteiger partial charge in [-0.05, 0) is 49.7 Å². The Labute approximate surface area is 170 Å². The van der Waals surface area contributed by atoms with Crippen molar-refractivity contribution >= 4 is 33.3 Å². The van der Waals surface area contributed by atoms with E-state index in [2.05, 4.69) is 5.32 Å². The van der Waals surface area contributed by atoms with Crippen molar-refractivity contribution in [2.24, 2.45) is 0 Å². The number of carbonyl (C=O) groups is 2. The summed E-state index contributed by atoms with van der Waals surface area (Å²) in [5, 5.41) is 2.68. The Morgan fingerprint density at radius 2 is 1.86 bits per heavy atom. The Kier molecular flexibility index (Phi) is 7.22. The lowest BCUT2D eigenvalue weighted by molar-refractivity contribution is -0.114. The second-order valence-corrected chi connectivity index (χ2v) is 8.18. The van der Waals surface area contributed by atoms with Crippen LogP contribution in [0.15, 0.2) is 42.5 Å². The van der Waals surface area contributed by atoms with Gasteiger partial charge in [0.25, 0.3) is 0 Å². The highest BCUT2D eigenvalue weighted by atomic mass is 32.2. The molecule has 0 aliphatic rings. The van der Waals surface area contributed by atoms with Crippen molar-refractivity contribution < 1.29 is 27.5 Å². The van der Waals surface area contributed by atoms with Gasteiger partial charge in [0.15, 0.2) is 0 Å². The average molecular weight is 420 g/mol. The zero-order valence-corrected chi connectivity index (χ0v) is 17.6. The van der Waals surface area contributed by atoms with Crippen molar-refractivity contribution in [3.8, 4) is 5.75 Å². The molecule has 0 aromatic heterocycles. The number of anilines is 2. The molecule has 0 bridgehead atoms. The molecule has 156 valence electrons. The first-order valence-electron chi connectivity index (χ1n) is 8.85. The number of aryl methyl sites for hydroxylation is 1. The summed E-state index contributed by atoms with van der Waals surface area (Å²) < 4.78 is 35.5. The first-order valence-corrected chi connectivity index (χ1v) is 10.7. The van der Waals surface area contributed by atoms with E-state index in [4.69, 9.17) is 9.47 Å². The molecule has 0 saturated carbocycles. The van der Waals surface area contributed by atoms with E-state index in [1.165, 1.54) is 19.2 Å². The Morgan fingerprint density at radius 1 is 1.14 bits per heavy atom. The monoisotopic (exact) mass is 420 g/mol. The normalized spacial score (nSPS) is 10.9. The zero-order valence-electron chi connectivity index (χ0n) is 16.8. The van der Waals surface area contributed by atoms with Crippen LogP contribution in [0.5, 0.6) is 5.75 Å². The zero-order chi connectivity index (χ0) is 21.6. The van der Waals surface area contributed by atoms with E-state index < -0.39 is 28.4 Å². The molecule has 8 nitrogen and oxygen atoms in total. The number of hydrogen-bond acceptors (Lipinski definition) is 6. The fourth-order valence-electron chi connectivity index (χ4n) is 2.63. The van der Waals surface area contributed by atoms with E-state index >= 15 is 0 Å². The van der Waals surface area contributed by atoms with Crippen molar-refractivity contribution in [2.45, 2.75) is 13.8 Å². The molecule has 0 aliphatic heterocycles. The maximum atomic E-state index is 12.5. The van der Waals surface area contributed by atoms with E-state index in [0.29, 0.717) is 28.3 Å². The third-order valence-electron chi connectivity index (χ3n) is 4.04. The molecule has 2 aromatic rings. The Balaban J connectivity index is 2.19. The summed E-state index contributed by atoms with van der Waals surface area (Å²) in [6.07, 6.45) is 1.03. The number of methoxy groups -OCH3 is 1. The molecule has 9 heteroatoms. The minimum Gasteiger partial charge on any atom is -0.497 e. The van der Waals surface area contributed by atoms with Gasteiger partial charge < -0.3 is 14.8 Å². The molecule has 0 spiro atoms. The van der Waals surface area contributed by atoms with Crippen LogP contribution >= 0.6 is 0 Å². The number of sulfonamides is 1. The Morgan fingerprint density at radius 3 is 2.45 bits per heavy atom. The lowest BCUT2D eigenvalue weighted by atomic mass is 10.1. The third kappa shape index (κ3) is 5.95. The molecule has 0 atom stereocenters. The molecule has 0 aliphatic carbocycles. The summed E-state index contributed by atoms with van der Waals surface area (Å²) in [6, 6.07) is 11.2. The van der Waals surface area contributed by atoms with Crippen LogP contribution in [0, 0.1) is 6.92 Å². The molecular weight excluding hydrogens is 396 g/mol. The molecular formula is C20H24N2O6S. The molecule has 1 amide bonds. The van der Waals surface area contributed by atoms with Crippen molar-refractivity contribution in [3.05, 3.63) is 53.6 Å². The van der Waals surface area contributed by atoms with Crippen LogP contribution in [0.4, 0.5) is 11.4 Å². The topological polar surface area (TPSA) is 102 Å². The number of nitrogens with zero attached hydrogens (tertiary/aromatic N) is 1. The third-order valence-corrected chi connectivity index (χ3v) is 5.18. The Hall–Kier alpha value is -3.07. The van der Waals surface area contributed by atoms with E-state index in [1.807, 2.05) is 0 Å². The van der Waals surface area contributed by atoms with Crippen molar-refractivity contribution in [3.63, 3.8) is 0 Å². The standard InChI is InChI=1S/C20H24N2O6S/c1-5-28-20(24)15-9-10-18(14(2)11-15)21-19(23)13-22(29(4,25)26)16-7-6-8-17(12-16)27-3/h6-12H,5,13H2,1-4H3,(H,21,23). The van der Waals surface area contributed by atoms with Crippen molar-refractivity contribution in [2.75, 3.05) is 36.1 Å². The number of rotatable bonds is 8. The van der Waals surface area contributed by atoms with E-state index in [1.54, 1.807) is 44.2 Å². The maximum absolute atomic E-state index is 12.5. The molecule has 29 heavy (non-hydrogen) atoms. The number of carbonyl (C=O) groups excluding carboxylic acids is 2. The fraction of sp³-hybridized carbons (Fsp3) is 0.300. The van der Waals surface area contributed by atoms with Gasteiger partial charge in [0.05, 0.1) is 31.2 Å². The van der Waals surface area contributed by atoms with Gasteiger partial charge in [-0.25, -0.2) is 13.2 Å². The summed E-state index contributed by atoms with van der Waals surface area (Å²) in [5.41, 5.74) is 1.81. The summed E-state index contributed by atoms with van der Waals surface area (Å²) in [6.45, 7) is 3.30. The van der Waals surface area contributed by atoms with Crippen LogP contribution in [-0.4, -0.2) is 46.8 Å². The first-order chi connectivity index (χ1) is 13.7. The van der Waals surface area contributed by atoms with Gasteiger partial charge in [-0.15, -0.1) is 0 Å². The molecule has 0 unspecified atom stereocenters. The van der Waals surface area contributed by atoms with Gasteiger partial charge in [-0.3, -0.25) is 9.10 Å². The number of ether oxygens (including phenoxy) is 2. The first kappa shape index (κ1) is 22.2. The van der Waals surface area contributed by atoms with Gasteiger partial charge in [0, 0.05) is 11.8 Å². The number of amides is 1. The average Bonchev–Trinajstić information content (AvgIpc) is 2.67. The van der Waals surface area contributed by atoms with Crippen LogP contribution < -0.4 is 14.4 Å². The molecule has 0 saturated heterocycles. The molecule has 1 N–H and O–H groups in total. The number of benzene rings is 2. The highest BCUT2D eigenvalue weighted by Gasteiger charge is 2.22. The SMILES string of the molecule is CCOC(=O)c1ccc(NC(=O)CN(c2cccc(OC)c2)S(C)(=O)=O)c(C)c1. The Bertz CT molecular complexity index is 1000. The van der Waals surface area contributed by atoms with E-state index in [-0.39, 0.29) is 6.61 Å². The fourth-order valence-corrected chi connectivity index (χ4v) is 3.48. The highest BCUT2D eigenvalue weighted by Crippen LogP contribution is 2.23. The van der Waals surface area contributed by atoms with Crippen LogP contribution in [-0.2, 0) is 19.6 Å². The van der Waals surface area contributed by atoms with Crippen LogP contribution in [0.25, 0.3) is 0 Å². The maximum Gasteiger partial charge on any atom is 0.338 e. The number of hydrogen-bond donors (Lipinski definition) is 1. The summed E-state index contributed by atoms with van der Waals surface area (Å²) >= 11 is 0. The van der Waals surface area contributed by atoms with Gasteiger partial charge in [-0.2, -0.15) is 0 Å². The predicted octanol–water partition coefficient (Wildman–Crippen LogP) is 2.59. The van der Waals surface area contributed by atoms with E-state index in [0.717, 1.165) is 10.6 Å². The quantitative estimate of drug-likeness (QED) is 0.659. The summed E-state index contributed by atoms with van der Waals surface area (Å²) in [7, 11) is -2.24. The van der Waals surface area contributed by atoms with E-state index in [9.17, 15) is 18.0 Å². The van der Waals surface area contributed by atoms with Crippen molar-refractivity contribution in [1.82, 2.24) is 0 Å².